The molecule has 0 saturated carbocycles. The van der Waals surface area contributed by atoms with Gasteiger partial charge in [-0.25, -0.2) is 4.39 Å². The Hall–Kier alpha value is -3.09. The molecule has 0 amide bonds. The van der Waals surface area contributed by atoms with Crippen LogP contribution in [0.2, 0.25) is 0 Å². The fraction of sp³-hybridized carbons (Fsp3) is 0.379. The van der Waals surface area contributed by atoms with E-state index in [1.54, 1.807) is 12.1 Å². The lowest BCUT2D eigenvalue weighted by atomic mass is 10.0. The van der Waals surface area contributed by atoms with Crippen LogP contribution in [0.1, 0.15) is 35.9 Å². The van der Waals surface area contributed by atoms with Crippen LogP contribution in [0.15, 0.2) is 43.1 Å². The van der Waals surface area contributed by atoms with E-state index in [4.69, 9.17) is 0 Å². The molecule has 0 atom stereocenters. The zero-order valence-corrected chi connectivity index (χ0v) is 21.5. The molecular weight excluding hydrogens is 437 g/mol. The van der Waals surface area contributed by atoms with Gasteiger partial charge < -0.3 is 20.6 Å². The number of hydrogen-bond donors (Lipinski definition) is 3. The number of aromatic amines is 2. The zero-order valence-electron chi connectivity index (χ0n) is 21.5. The van der Waals surface area contributed by atoms with Gasteiger partial charge in [0.2, 0.25) is 0 Å². The van der Waals surface area contributed by atoms with Gasteiger partial charge in [0.25, 0.3) is 0 Å². The highest BCUT2D eigenvalue weighted by Crippen LogP contribution is 2.21. The number of aryl methyl sites for hydroxylation is 1. The number of piperazine rings is 1. The lowest BCUT2D eigenvalue weighted by Crippen LogP contribution is -2.46. The molecule has 0 radical (unpaired) electrons. The molecule has 3 aromatic rings. The largest absolute Gasteiger partial charge is 0.405 e. The number of halogens is 1. The summed E-state index contributed by atoms with van der Waals surface area (Å²) < 4.78 is 13.8. The van der Waals surface area contributed by atoms with E-state index in [0.29, 0.717) is 0 Å². The van der Waals surface area contributed by atoms with E-state index in [9.17, 15) is 4.39 Å². The van der Waals surface area contributed by atoms with Gasteiger partial charge in [0.15, 0.2) is 0 Å². The van der Waals surface area contributed by atoms with Crippen molar-refractivity contribution in [2.24, 2.45) is 5.73 Å². The molecule has 1 aliphatic rings. The molecule has 1 saturated heterocycles. The number of fused-ring (bicyclic) bond motifs is 1. The molecule has 1 aromatic carbocycles. The van der Waals surface area contributed by atoms with Gasteiger partial charge >= 0.3 is 0 Å². The van der Waals surface area contributed by atoms with Gasteiger partial charge in [0, 0.05) is 65.6 Å². The maximum absolute atomic E-state index is 13.8. The molecule has 0 spiro atoms. The van der Waals surface area contributed by atoms with Crippen LogP contribution in [-0.4, -0.2) is 59.0 Å². The maximum atomic E-state index is 13.8. The van der Waals surface area contributed by atoms with E-state index in [0.717, 1.165) is 79.3 Å². The number of rotatable bonds is 7. The Kier molecular flexibility index (Phi) is 9.13. The van der Waals surface area contributed by atoms with Crippen molar-refractivity contribution >= 4 is 23.6 Å². The van der Waals surface area contributed by atoms with Crippen molar-refractivity contribution < 1.29 is 4.39 Å². The first-order valence-electron chi connectivity index (χ1n) is 12.3. The highest BCUT2D eigenvalue weighted by molar-refractivity contribution is 5.82. The summed E-state index contributed by atoms with van der Waals surface area (Å²) in [6.45, 7) is 24.4. The average Bonchev–Trinajstić information content (AvgIpc) is 3.25. The Morgan fingerprint density at radius 2 is 1.80 bits per heavy atom. The molecule has 0 unspecified atom stereocenters. The van der Waals surface area contributed by atoms with Crippen molar-refractivity contribution in [1.82, 2.24) is 19.8 Å². The SMILES string of the molecule is C=C(C)CN1CCN(CCCc2c(C)[nH]c(/C=c3\c(=C)[nH]c4ccc(F)cc34)c2C)CC1.C=CN. The second-order valence-electron chi connectivity index (χ2n) is 9.53. The van der Waals surface area contributed by atoms with E-state index in [1.165, 1.54) is 34.7 Å². The summed E-state index contributed by atoms with van der Waals surface area (Å²) in [5, 5.41) is 2.63. The minimum Gasteiger partial charge on any atom is -0.405 e. The predicted octanol–water partition coefficient (Wildman–Crippen LogP) is 3.71. The van der Waals surface area contributed by atoms with Gasteiger partial charge in [-0.15, -0.1) is 0 Å². The summed E-state index contributed by atoms with van der Waals surface area (Å²) in [5.74, 6) is -0.230. The lowest BCUT2D eigenvalue weighted by molar-refractivity contribution is 0.139. The predicted molar refractivity (Wildman–Crippen MR) is 147 cm³/mol. The number of aromatic nitrogens is 2. The highest BCUT2D eigenvalue weighted by atomic mass is 19.1. The summed E-state index contributed by atoms with van der Waals surface area (Å²) >= 11 is 0. The van der Waals surface area contributed by atoms with Crippen LogP contribution < -0.4 is 16.3 Å². The van der Waals surface area contributed by atoms with Gasteiger partial charge in [-0.3, -0.25) is 4.90 Å². The van der Waals surface area contributed by atoms with Crippen LogP contribution in [0.4, 0.5) is 4.39 Å². The second kappa shape index (κ2) is 12.0. The zero-order chi connectivity index (χ0) is 25.5. The topological polar surface area (TPSA) is 64.1 Å². The molecule has 2 aromatic heterocycles. The summed E-state index contributed by atoms with van der Waals surface area (Å²) in [6, 6.07) is 4.83. The summed E-state index contributed by atoms with van der Waals surface area (Å²) in [5.41, 5.74) is 11.7. The quantitative estimate of drug-likeness (QED) is 0.455. The summed E-state index contributed by atoms with van der Waals surface area (Å²) in [4.78, 5) is 11.9. The normalized spacial score (nSPS) is 15.3. The Morgan fingerprint density at radius 3 is 2.46 bits per heavy atom. The van der Waals surface area contributed by atoms with Crippen LogP contribution in [0.5, 0.6) is 0 Å². The second-order valence-corrected chi connectivity index (χ2v) is 9.53. The molecular formula is C29H40FN5. The fourth-order valence-electron chi connectivity index (χ4n) is 4.92. The minimum absolute atomic E-state index is 0.230. The third-order valence-electron chi connectivity index (χ3n) is 6.66. The fourth-order valence-corrected chi connectivity index (χ4v) is 4.92. The van der Waals surface area contributed by atoms with Crippen LogP contribution in [-0.2, 0) is 6.42 Å². The van der Waals surface area contributed by atoms with E-state index in [-0.39, 0.29) is 5.82 Å². The van der Waals surface area contributed by atoms with E-state index in [1.807, 2.05) is 0 Å². The number of nitrogens with zero attached hydrogens (tertiary/aromatic N) is 2. The summed E-state index contributed by atoms with van der Waals surface area (Å²) in [6.07, 6.45) is 5.57. The minimum atomic E-state index is -0.230. The van der Waals surface area contributed by atoms with Crippen LogP contribution >= 0.6 is 0 Å². The number of hydrogen-bond acceptors (Lipinski definition) is 3. The molecule has 188 valence electrons. The molecule has 1 aliphatic heterocycles. The molecule has 1 fully saturated rings. The first-order valence-corrected chi connectivity index (χ1v) is 12.3. The van der Waals surface area contributed by atoms with Gasteiger partial charge in [-0.2, -0.15) is 0 Å². The molecule has 4 rings (SSSR count). The first-order chi connectivity index (χ1) is 16.7. The van der Waals surface area contributed by atoms with Crippen LogP contribution in [0.25, 0.3) is 23.6 Å². The Labute approximate surface area is 208 Å². The van der Waals surface area contributed by atoms with E-state index >= 15 is 0 Å². The number of H-pyrrole nitrogens is 2. The number of nitrogens with one attached hydrogen (secondary N) is 2. The van der Waals surface area contributed by atoms with Crippen molar-refractivity contribution in [3.8, 4) is 0 Å². The molecule has 0 aliphatic carbocycles. The van der Waals surface area contributed by atoms with Gasteiger partial charge in [0.05, 0.1) is 0 Å². The highest BCUT2D eigenvalue weighted by Gasteiger charge is 2.17. The molecule has 35 heavy (non-hydrogen) atoms. The van der Waals surface area contributed by atoms with Crippen molar-refractivity contribution in [3.05, 3.63) is 82.0 Å². The Bertz CT molecular complexity index is 1270. The van der Waals surface area contributed by atoms with Gasteiger partial charge in [-0.05, 0) is 81.8 Å². The van der Waals surface area contributed by atoms with Crippen molar-refractivity contribution in [2.75, 3.05) is 39.3 Å². The standard InChI is InChI=1S/C27H35FN4.C2H5N/c1-18(2)17-32-13-11-31(12-14-32)10-6-7-23-19(3)27(30-20(23)4)16-24-21(5)29-26-9-8-22(28)15-25(24)26;1-2-3/h8-9,15-16,29-30H,1,5-7,10-14,17H2,2-4H3;2H,1,3H2/b24-16+;. The third kappa shape index (κ3) is 6.74. The van der Waals surface area contributed by atoms with E-state index in [2.05, 4.69) is 72.1 Å². The van der Waals surface area contributed by atoms with Crippen molar-refractivity contribution in [3.63, 3.8) is 0 Å². The first kappa shape index (κ1) is 26.5. The maximum Gasteiger partial charge on any atom is 0.123 e. The number of benzene rings is 1. The number of nitrogens with two attached hydrogens (primary N) is 1. The van der Waals surface area contributed by atoms with Gasteiger partial charge in [-0.1, -0.05) is 25.3 Å². The molecule has 0 bridgehead atoms. The Morgan fingerprint density at radius 1 is 1.14 bits per heavy atom. The van der Waals surface area contributed by atoms with E-state index < -0.39 is 0 Å². The summed E-state index contributed by atoms with van der Waals surface area (Å²) in [7, 11) is 0. The van der Waals surface area contributed by atoms with Crippen molar-refractivity contribution in [2.45, 2.75) is 33.6 Å². The van der Waals surface area contributed by atoms with Crippen molar-refractivity contribution in [1.29, 1.82) is 0 Å². The monoisotopic (exact) mass is 477 g/mol. The molecule has 3 heterocycles. The smallest absolute Gasteiger partial charge is 0.123 e. The average molecular weight is 478 g/mol. The third-order valence-corrected chi connectivity index (χ3v) is 6.66. The lowest BCUT2D eigenvalue weighted by Gasteiger charge is -2.34. The Balaban J connectivity index is 0.00000108. The van der Waals surface area contributed by atoms with Gasteiger partial charge in [0.1, 0.15) is 5.82 Å². The van der Waals surface area contributed by atoms with Crippen LogP contribution in [0, 0.1) is 19.7 Å². The molecule has 6 heteroatoms. The molecule has 5 nitrogen and oxygen atoms in total. The molecule has 4 N–H and O–H groups in total. The van der Waals surface area contributed by atoms with Crippen LogP contribution in [0.3, 0.4) is 0 Å².